The van der Waals surface area contributed by atoms with E-state index >= 15 is 0 Å². The summed E-state index contributed by atoms with van der Waals surface area (Å²) in [6, 6.07) is 14.4. The molecular weight excluding hydrogens is 282 g/mol. The number of rotatable bonds is 5. The lowest BCUT2D eigenvalue weighted by atomic mass is 9.97. The van der Waals surface area contributed by atoms with Gasteiger partial charge in [0.15, 0.2) is 0 Å². The zero-order valence-corrected chi connectivity index (χ0v) is 13.7. The molecule has 0 heterocycles. The summed E-state index contributed by atoms with van der Waals surface area (Å²) in [5.41, 5.74) is 3.48. The maximum absolute atomic E-state index is 6.19. The van der Waals surface area contributed by atoms with Crippen molar-refractivity contribution in [3.05, 3.63) is 64.2 Å². The Balaban J connectivity index is 2.36. The molecule has 0 saturated carbocycles. The Morgan fingerprint density at radius 2 is 1.81 bits per heavy atom. The molecule has 2 aromatic carbocycles. The molecule has 112 valence electrons. The van der Waals surface area contributed by atoms with Gasteiger partial charge < -0.3 is 10.1 Å². The summed E-state index contributed by atoms with van der Waals surface area (Å²) in [6.45, 7) is 6.12. The second-order valence-corrected chi connectivity index (χ2v) is 5.96. The van der Waals surface area contributed by atoms with Gasteiger partial charge >= 0.3 is 0 Å². The smallest absolute Gasteiger partial charge is 0.120 e. The molecule has 0 spiro atoms. The Morgan fingerprint density at radius 1 is 1.05 bits per heavy atom. The van der Waals surface area contributed by atoms with Gasteiger partial charge in [-0.25, -0.2) is 0 Å². The molecular formula is C18H22ClNO. The van der Waals surface area contributed by atoms with Gasteiger partial charge in [-0.15, -0.1) is 0 Å². The third-order valence-electron chi connectivity index (χ3n) is 3.25. The van der Waals surface area contributed by atoms with Crippen LogP contribution in [0.1, 0.15) is 36.6 Å². The first-order valence-corrected chi connectivity index (χ1v) is 7.58. The number of halogens is 1. The number of ether oxygens (including phenoxy) is 1. The van der Waals surface area contributed by atoms with Gasteiger partial charge in [0.1, 0.15) is 5.75 Å². The van der Waals surface area contributed by atoms with Crippen molar-refractivity contribution in [2.45, 2.75) is 32.9 Å². The van der Waals surface area contributed by atoms with Gasteiger partial charge in [0.05, 0.1) is 12.1 Å². The number of benzene rings is 2. The monoisotopic (exact) mass is 303 g/mol. The lowest BCUT2D eigenvalue weighted by Crippen LogP contribution is -2.18. The molecule has 0 fully saturated rings. The minimum atomic E-state index is 0.0955. The van der Waals surface area contributed by atoms with Crippen molar-refractivity contribution in [3.63, 3.8) is 0 Å². The van der Waals surface area contributed by atoms with Crippen LogP contribution in [0.15, 0.2) is 42.5 Å². The van der Waals surface area contributed by atoms with Crippen molar-refractivity contribution in [3.8, 4) is 5.75 Å². The summed E-state index contributed by atoms with van der Waals surface area (Å²) in [7, 11) is 1.96. The van der Waals surface area contributed by atoms with Crippen molar-refractivity contribution in [2.24, 2.45) is 0 Å². The molecule has 0 aliphatic rings. The first-order chi connectivity index (χ1) is 9.99. The Morgan fingerprint density at radius 3 is 2.43 bits per heavy atom. The van der Waals surface area contributed by atoms with E-state index in [0.717, 1.165) is 27.5 Å². The fourth-order valence-electron chi connectivity index (χ4n) is 2.50. The number of nitrogens with one attached hydrogen (secondary N) is 1. The van der Waals surface area contributed by atoms with E-state index in [2.05, 4.69) is 30.4 Å². The molecule has 0 saturated heterocycles. The Labute approximate surface area is 132 Å². The van der Waals surface area contributed by atoms with Crippen molar-refractivity contribution < 1.29 is 4.74 Å². The van der Waals surface area contributed by atoms with Crippen LogP contribution in [0.4, 0.5) is 0 Å². The largest absolute Gasteiger partial charge is 0.491 e. The van der Waals surface area contributed by atoms with Crippen molar-refractivity contribution in [2.75, 3.05) is 7.05 Å². The fourth-order valence-corrected chi connectivity index (χ4v) is 2.79. The summed E-state index contributed by atoms with van der Waals surface area (Å²) in [5, 5.41) is 4.12. The van der Waals surface area contributed by atoms with E-state index in [0.29, 0.717) is 0 Å². The third kappa shape index (κ3) is 4.23. The van der Waals surface area contributed by atoms with E-state index in [9.17, 15) is 0 Å². The van der Waals surface area contributed by atoms with Gasteiger partial charge in [-0.3, -0.25) is 0 Å². The summed E-state index contributed by atoms with van der Waals surface area (Å²) in [6.07, 6.45) is 0.168. The van der Waals surface area contributed by atoms with Crippen LogP contribution in [0.2, 0.25) is 5.02 Å². The summed E-state index contributed by atoms with van der Waals surface area (Å²) in [4.78, 5) is 0. The molecule has 2 rings (SSSR count). The SMILES string of the molecule is CNC(c1cc(C)cc(Cl)c1)c1cccc(OC(C)C)c1. The van der Waals surface area contributed by atoms with Crippen LogP contribution in [-0.4, -0.2) is 13.2 Å². The number of aryl methyl sites for hydroxylation is 1. The highest BCUT2D eigenvalue weighted by atomic mass is 35.5. The summed E-state index contributed by atoms with van der Waals surface area (Å²) >= 11 is 6.19. The zero-order valence-electron chi connectivity index (χ0n) is 13.0. The van der Waals surface area contributed by atoms with Gasteiger partial charge in [0.25, 0.3) is 0 Å². The van der Waals surface area contributed by atoms with E-state index in [4.69, 9.17) is 16.3 Å². The lowest BCUT2D eigenvalue weighted by molar-refractivity contribution is 0.242. The maximum Gasteiger partial charge on any atom is 0.120 e. The van der Waals surface area contributed by atoms with Gasteiger partial charge in [0, 0.05) is 5.02 Å². The van der Waals surface area contributed by atoms with E-state index in [1.807, 2.05) is 45.2 Å². The van der Waals surface area contributed by atoms with E-state index in [1.54, 1.807) is 0 Å². The molecule has 0 aromatic heterocycles. The first-order valence-electron chi connectivity index (χ1n) is 7.20. The molecule has 3 heteroatoms. The molecule has 0 radical (unpaired) electrons. The highest BCUT2D eigenvalue weighted by Gasteiger charge is 2.14. The van der Waals surface area contributed by atoms with E-state index < -0.39 is 0 Å². The van der Waals surface area contributed by atoms with Crippen molar-refractivity contribution in [1.29, 1.82) is 0 Å². The number of hydrogen-bond acceptors (Lipinski definition) is 2. The molecule has 21 heavy (non-hydrogen) atoms. The van der Waals surface area contributed by atoms with Gasteiger partial charge in [-0.1, -0.05) is 29.8 Å². The summed E-state index contributed by atoms with van der Waals surface area (Å²) in [5.74, 6) is 0.890. The van der Waals surface area contributed by atoms with Crippen LogP contribution in [0.5, 0.6) is 5.75 Å². The second-order valence-electron chi connectivity index (χ2n) is 5.52. The van der Waals surface area contributed by atoms with Crippen molar-refractivity contribution in [1.82, 2.24) is 5.32 Å². The van der Waals surface area contributed by atoms with E-state index in [-0.39, 0.29) is 12.1 Å². The molecule has 0 aliphatic heterocycles. The molecule has 2 aromatic rings. The van der Waals surface area contributed by atoms with Gasteiger partial charge in [0.2, 0.25) is 0 Å². The predicted octanol–water partition coefficient (Wildman–Crippen LogP) is 4.74. The highest BCUT2D eigenvalue weighted by molar-refractivity contribution is 6.30. The molecule has 2 nitrogen and oxygen atoms in total. The van der Waals surface area contributed by atoms with Gasteiger partial charge in [-0.05, 0) is 68.8 Å². The quantitative estimate of drug-likeness (QED) is 0.861. The fraction of sp³-hybridized carbons (Fsp3) is 0.333. The minimum absolute atomic E-state index is 0.0955. The molecule has 1 unspecified atom stereocenters. The standard InChI is InChI=1S/C18H22ClNO/c1-12(2)21-17-7-5-6-14(11-17)18(20-4)15-8-13(3)9-16(19)10-15/h5-12,18,20H,1-4H3. The Hall–Kier alpha value is -1.51. The summed E-state index contributed by atoms with van der Waals surface area (Å²) < 4.78 is 5.78. The molecule has 1 N–H and O–H groups in total. The zero-order chi connectivity index (χ0) is 15.4. The molecule has 1 atom stereocenters. The minimum Gasteiger partial charge on any atom is -0.491 e. The molecule has 0 aliphatic carbocycles. The molecule has 0 amide bonds. The highest BCUT2D eigenvalue weighted by Crippen LogP contribution is 2.28. The average Bonchev–Trinajstić information content (AvgIpc) is 2.38. The normalized spacial score (nSPS) is 12.5. The Bertz CT molecular complexity index is 590. The number of hydrogen-bond donors (Lipinski definition) is 1. The third-order valence-corrected chi connectivity index (χ3v) is 3.47. The van der Waals surface area contributed by atoms with Crippen LogP contribution >= 0.6 is 11.6 Å². The van der Waals surface area contributed by atoms with Crippen molar-refractivity contribution >= 4 is 11.6 Å². The predicted molar refractivity (Wildman–Crippen MR) is 89.3 cm³/mol. The van der Waals surface area contributed by atoms with Crippen LogP contribution < -0.4 is 10.1 Å². The van der Waals surface area contributed by atoms with Crippen LogP contribution in [0.25, 0.3) is 0 Å². The average molecular weight is 304 g/mol. The van der Waals surface area contributed by atoms with Gasteiger partial charge in [-0.2, -0.15) is 0 Å². The van der Waals surface area contributed by atoms with Crippen LogP contribution in [0, 0.1) is 6.92 Å². The lowest BCUT2D eigenvalue weighted by Gasteiger charge is -2.19. The van der Waals surface area contributed by atoms with E-state index in [1.165, 1.54) is 0 Å². The maximum atomic E-state index is 6.19. The second kappa shape index (κ2) is 6.97. The topological polar surface area (TPSA) is 21.3 Å². The first kappa shape index (κ1) is 15.9. The van der Waals surface area contributed by atoms with Crippen LogP contribution in [0.3, 0.4) is 0 Å². The Kier molecular flexibility index (Phi) is 5.27. The van der Waals surface area contributed by atoms with Crippen LogP contribution in [-0.2, 0) is 0 Å². The molecule has 0 bridgehead atoms.